The van der Waals surface area contributed by atoms with Crippen molar-refractivity contribution in [1.29, 1.82) is 0 Å². The van der Waals surface area contributed by atoms with Crippen LogP contribution in [-0.4, -0.2) is 6.21 Å². The Balaban J connectivity index is 4.55. The van der Waals surface area contributed by atoms with Gasteiger partial charge in [-0.1, -0.05) is 18.1 Å². The Labute approximate surface area is 82.3 Å². The summed E-state index contributed by atoms with van der Waals surface area (Å²) in [6, 6.07) is 0. The van der Waals surface area contributed by atoms with Gasteiger partial charge in [0.15, 0.2) is 0 Å². The average molecular weight is 179 g/mol. The highest BCUT2D eigenvalue weighted by Gasteiger charge is 1.91. The molecule has 0 unspecified atom stereocenters. The van der Waals surface area contributed by atoms with Crippen molar-refractivity contribution in [3.8, 4) is 0 Å². The molecule has 13 heavy (non-hydrogen) atoms. The Morgan fingerprint density at radius 1 is 1.08 bits per heavy atom. The average Bonchev–Trinajstić information content (AvgIpc) is 2.11. The standard InChI is InChI=1S/C12H21N/c1-7-10(4)12(6)13-8-11(5)9(2)3/h8H,7H2,1-6H3. The molecule has 1 heteroatoms. The maximum absolute atomic E-state index is 4.41. The molecule has 0 aromatic carbocycles. The van der Waals surface area contributed by atoms with Crippen molar-refractivity contribution >= 4 is 6.21 Å². The van der Waals surface area contributed by atoms with E-state index >= 15 is 0 Å². The van der Waals surface area contributed by atoms with Gasteiger partial charge >= 0.3 is 0 Å². The van der Waals surface area contributed by atoms with Crippen molar-refractivity contribution in [2.45, 2.75) is 48.0 Å². The van der Waals surface area contributed by atoms with Gasteiger partial charge in [-0.2, -0.15) is 0 Å². The Morgan fingerprint density at radius 3 is 2.00 bits per heavy atom. The third-order valence-corrected chi connectivity index (χ3v) is 2.39. The van der Waals surface area contributed by atoms with Crippen LogP contribution < -0.4 is 0 Å². The third kappa shape index (κ3) is 4.66. The number of hydrogen-bond donors (Lipinski definition) is 0. The molecule has 74 valence electrons. The highest BCUT2D eigenvalue weighted by atomic mass is 14.7. The SMILES string of the molecule is CCC(C)=C(C)N=CC(C)=C(C)C. The molecule has 0 aliphatic heterocycles. The van der Waals surface area contributed by atoms with E-state index in [0.717, 1.165) is 12.1 Å². The second kappa shape index (κ2) is 5.74. The highest BCUT2D eigenvalue weighted by molar-refractivity contribution is 5.79. The van der Waals surface area contributed by atoms with Crippen LogP contribution in [0.25, 0.3) is 0 Å². The van der Waals surface area contributed by atoms with Gasteiger partial charge in [0.05, 0.1) is 0 Å². The second-order valence-electron chi connectivity index (χ2n) is 3.66. The molecule has 0 fully saturated rings. The maximum Gasteiger partial charge on any atom is 0.0361 e. The van der Waals surface area contributed by atoms with Crippen LogP contribution in [0.1, 0.15) is 48.0 Å². The van der Waals surface area contributed by atoms with E-state index in [4.69, 9.17) is 0 Å². The van der Waals surface area contributed by atoms with E-state index in [-0.39, 0.29) is 0 Å². The van der Waals surface area contributed by atoms with Crippen LogP contribution in [0.3, 0.4) is 0 Å². The topological polar surface area (TPSA) is 12.4 Å². The summed E-state index contributed by atoms with van der Waals surface area (Å²) < 4.78 is 0. The van der Waals surface area contributed by atoms with E-state index in [1.807, 2.05) is 6.21 Å². The first-order chi connectivity index (χ1) is 5.99. The molecule has 1 nitrogen and oxygen atoms in total. The second-order valence-corrected chi connectivity index (χ2v) is 3.66. The monoisotopic (exact) mass is 179 g/mol. The fraction of sp³-hybridized carbons (Fsp3) is 0.583. The molecule has 0 atom stereocenters. The van der Waals surface area contributed by atoms with Crippen molar-refractivity contribution in [1.82, 2.24) is 0 Å². The predicted octanol–water partition coefficient (Wildman–Crippen LogP) is 4.12. The largest absolute Gasteiger partial charge is 0.261 e. The van der Waals surface area contributed by atoms with Crippen LogP contribution in [0.2, 0.25) is 0 Å². The van der Waals surface area contributed by atoms with Crippen LogP contribution in [0.4, 0.5) is 0 Å². The fourth-order valence-corrected chi connectivity index (χ4v) is 0.689. The minimum Gasteiger partial charge on any atom is -0.261 e. The molecule has 0 aromatic rings. The molecule has 0 saturated heterocycles. The first-order valence-corrected chi connectivity index (χ1v) is 4.83. The zero-order valence-electron chi connectivity index (χ0n) is 9.73. The molecule has 0 aliphatic carbocycles. The number of hydrogen-bond acceptors (Lipinski definition) is 1. The quantitative estimate of drug-likeness (QED) is 0.578. The third-order valence-electron chi connectivity index (χ3n) is 2.39. The molecule has 0 radical (unpaired) electrons. The molecule has 0 N–H and O–H groups in total. The van der Waals surface area contributed by atoms with Crippen molar-refractivity contribution in [3.63, 3.8) is 0 Å². The Hall–Kier alpha value is -0.850. The summed E-state index contributed by atoms with van der Waals surface area (Å²) in [5.74, 6) is 0. The Morgan fingerprint density at radius 2 is 1.62 bits per heavy atom. The van der Waals surface area contributed by atoms with Gasteiger partial charge in [-0.05, 0) is 46.6 Å². The van der Waals surface area contributed by atoms with Crippen LogP contribution in [-0.2, 0) is 0 Å². The van der Waals surface area contributed by atoms with Gasteiger partial charge in [0.1, 0.15) is 0 Å². The molecular weight excluding hydrogens is 158 g/mol. The minimum absolute atomic E-state index is 1.08. The lowest BCUT2D eigenvalue weighted by Gasteiger charge is -1.99. The summed E-state index contributed by atoms with van der Waals surface area (Å²) in [5, 5.41) is 0. The summed E-state index contributed by atoms with van der Waals surface area (Å²) in [7, 11) is 0. The van der Waals surface area contributed by atoms with Crippen molar-refractivity contribution < 1.29 is 0 Å². The van der Waals surface area contributed by atoms with E-state index in [2.05, 4.69) is 46.5 Å². The van der Waals surface area contributed by atoms with E-state index in [0.29, 0.717) is 0 Å². The molecule has 0 spiro atoms. The molecule has 0 rings (SSSR count). The van der Waals surface area contributed by atoms with Crippen molar-refractivity contribution in [2.75, 3.05) is 0 Å². The van der Waals surface area contributed by atoms with E-state index in [1.54, 1.807) is 0 Å². The number of rotatable bonds is 3. The fourth-order valence-electron chi connectivity index (χ4n) is 0.689. The Bertz CT molecular complexity index is 250. The number of nitrogens with zero attached hydrogens (tertiary/aromatic N) is 1. The van der Waals surface area contributed by atoms with Crippen LogP contribution in [0.15, 0.2) is 27.4 Å². The van der Waals surface area contributed by atoms with Crippen molar-refractivity contribution in [2.24, 2.45) is 4.99 Å². The molecule has 0 saturated carbocycles. The van der Waals surface area contributed by atoms with Gasteiger partial charge < -0.3 is 0 Å². The van der Waals surface area contributed by atoms with Gasteiger partial charge in [0.2, 0.25) is 0 Å². The lowest BCUT2D eigenvalue weighted by molar-refractivity contribution is 1.04. The van der Waals surface area contributed by atoms with Crippen LogP contribution in [0.5, 0.6) is 0 Å². The summed E-state index contributed by atoms with van der Waals surface area (Å²) in [4.78, 5) is 4.41. The molecule has 0 amide bonds. The molecule has 0 aromatic heterocycles. The van der Waals surface area contributed by atoms with Gasteiger partial charge in [0.25, 0.3) is 0 Å². The smallest absolute Gasteiger partial charge is 0.0361 e. The highest BCUT2D eigenvalue weighted by Crippen LogP contribution is 2.08. The summed E-state index contributed by atoms with van der Waals surface area (Å²) >= 11 is 0. The van der Waals surface area contributed by atoms with Gasteiger partial charge in [-0.25, -0.2) is 0 Å². The van der Waals surface area contributed by atoms with E-state index in [1.165, 1.54) is 16.7 Å². The molecule has 0 aliphatic rings. The zero-order chi connectivity index (χ0) is 10.4. The maximum atomic E-state index is 4.41. The number of allylic oxidation sites excluding steroid dienone is 4. The van der Waals surface area contributed by atoms with Gasteiger partial charge in [-0.15, -0.1) is 0 Å². The zero-order valence-corrected chi connectivity index (χ0v) is 9.73. The lowest BCUT2D eigenvalue weighted by atomic mass is 10.2. The van der Waals surface area contributed by atoms with Crippen LogP contribution >= 0.6 is 0 Å². The van der Waals surface area contributed by atoms with Gasteiger partial charge in [-0.3, -0.25) is 4.99 Å². The lowest BCUT2D eigenvalue weighted by Crippen LogP contribution is -1.84. The molecular formula is C12H21N. The summed E-state index contributed by atoms with van der Waals surface area (Å²) in [6.45, 7) is 12.6. The normalized spacial score (nSPS) is 13.1. The van der Waals surface area contributed by atoms with Crippen molar-refractivity contribution in [3.05, 3.63) is 22.4 Å². The molecule has 0 bridgehead atoms. The van der Waals surface area contributed by atoms with E-state index < -0.39 is 0 Å². The summed E-state index contributed by atoms with van der Waals surface area (Å²) in [5.41, 5.74) is 5.08. The van der Waals surface area contributed by atoms with Crippen LogP contribution in [0, 0.1) is 0 Å². The first kappa shape index (κ1) is 12.2. The first-order valence-electron chi connectivity index (χ1n) is 4.83. The molecule has 0 heterocycles. The van der Waals surface area contributed by atoms with Gasteiger partial charge in [0, 0.05) is 11.9 Å². The summed E-state index contributed by atoms with van der Waals surface area (Å²) in [6.07, 6.45) is 3.03. The Kier molecular flexibility index (Phi) is 5.36. The predicted molar refractivity (Wildman–Crippen MR) is 61.2 cm³/mol. The van der Waals surface area contributed by atoms with E-state index in [9.17, 15) is 0 Å². The minimum atomic E-state index is 1.08. The number of aliphatic imine (C=N–C) groups is 1.